The van der Waals surface area contributed by atoms with Gasteiger partial charge in [0.1, 0.15) is 0 Å². The summed E-state index contributed by atoms with van der Waals surface area (Å²) in [6, 6.07) is 4.54. The minimum atomic E-state index is -1.23. The van der Waals surface area contributed by atoms with E-state index in [1.807, 2.05) is 0 Å². The zero-order valence-electron chi connectivity index (χ0n) is 9.60. The van der Waals surface area contributed by atoms with Gasteiger partial charge in [0, 0.05) is 26.0 Å². The Morgan fingerprint density at radius 2 is 1.31 bits per heavy atom. The van der Waals surface area contributed by atoms with Gasteiger partial charge < -0.3 is 0 Å². The summed E-state index contributed by atoms with van der Waals surface area (Å²) in [5.41, 5.74) is 4.16. The Balaban J connectivity index is 3.38. The Kier molecular flexibility index (Phi) is 2.62. The van der Waals surface area contributed by atoms with Crippen LogP contribution in [0.5, 0.6) is 0 Å². The molecule has 1 nitrogen and oxygen atoms in total. The third-order valence-corrected chi connectivity index (χ3v) is 4.30. The van der Waals surface area contributed by atoms with E-state index in [9.17, 15) is 0 Å². The second-order valence-corrected chi connectivity index (χ2v) is 9.61. The van der Waals surface area contributed by atoms with Crippen LogP contribution in [0.2, 0.25) is 19.6 Å². The first kappa shape index (κ1) is 10.4. The van der Waals surface area contributed by atoms with Gasteiger partial charge in [-0.2, -0.15) is 0 Å². The average Bonchev–Trinajstić information content (AvgIpc) is 1.78. The molecule has 0 spiro atoms. The lowest BCUT2D eigenvalue weighted by Gasteiger charge is -2.15. The van der Waals surface area contributed by atoms with Crippen molar-refractivity contribution in [2.45, 2.75) is 40.4 Å². The van der Waals surface area contributed by atoms with Crippen molar-refractivity contribution in [2.24, 2.45) is 0 Å². The lowest BCUT2D eigenvalue weighted by Crippen LogP contribution is -2.61. The summed E-state index contributed by atoms with van der Waals surface area (Å²) in [6.45, 7) is 13.7. The van der Waals surface area contributed by atoms with E-state index in [0.717, 1.165) is 0 Å². The van der Waals surface area contributed by atoms with E-state index in [1.54, 1.807) is 0 Å². The van der Waals surface area contributed by atoms with Crippen LogP contribution in [0, 0.1) is 20.8 Å². The molecule has 72 valence electrons. The van der Waals surface area contributed by atoms with Gasteiger partial charge in [-0.15, -0.1) is 0 Å². The molecule has 1 aromatic rings. The van der Waals surface area contributed by atoms with Gasteiger partial charge in [-0.25, -0.2) is 0 Å². The van der Waals surface area contributed by atoms with E-state index in [1.165, 1.54) is 17.0 Å². The number of pyridine rings is 1. The minimum absolute atomic E-state index is 1.23. The Hall–Kier alpha value is -0.633. The number of hydrogen-bond acceptors (Lipinski definition) is 0. The summed E-state index contributed by atoms with van der Waals surface area (Å²) in [6.07, 6.45) is 0. The molecule has 0 bridgehead atoms. The smallest absolute Gasteiger partial charge is 0.275 e. The Morgan fingerprint density at radius 1 is 0.923 bits per heavy atom. The Bertz CT molecular complexity index is 300. The van der Waals surface area contributed by atoms with E-state index in [4.69, 9.17) is 0 Å². The van der Waals surface area contributed by atoms with Crippen molar-refractivity contribution in [1.82, 2.24) is 0 Å². The van der Waals surface area contributed by atoms with Gasteiger partial charge in [-0.3, -0.25) is 4.23 Å². The van der Waals surface area contributed by atoms with Crippen molar-refractivity contribution in [3.63, 3.8) is 0 Å². The molecule has 1 rings (SSSR count). The molecule has 0 radical (unpaired) electrons. The fraction of sp³-hybridized carbons (Fsp3) is 0.545. The zero-order chi connectivity index (χ0) is 10.2. The molecule has 0 aliphatic heterocycles. The Labute approximate surface area is 82.5 Å². The molecule has 0 fully saturated rings. The van der Waals surface area contributed by atoms with Crippen molar-refractivity contribution in [3.8, 4) is 0 Å². The van der Waals surface area contributed by atoms with Crippen molar-refractivity contribution in [1.29, 1.82) is 0 Å². The molecule has 0 amide bonds. The first-order chi connectivity index (χ1) is 5.82. The third kappa shape index (κ3) is 2.18. The van der Waals surface area contributed by atoms with Crippen LogP contribution < -0.4 is 4.23 Å². The highest BCUT2D eigenvalue weighted by Gasteiger charge is 2.31. The highest BCUT2D eigenvalue weighted by Crippen LogP contribution is 2.06. The average molecular weight is 194 g/mol. The topological polar surface area (TPSA) is 3.88 Å². The minimum Gasteiger partial charge on any atom is -0.275 e. The van der Waals surface area contributed by atoms with Crippen LogP contribution in [0.15, 0.2) is 12.1 Å². The molecule has 0 aromatic carbocycles. The third-order valence-electron chi connectivity index (χ3n) is 2.25. The van der Waals surface area contributed by atoms with Crippen molar-refractivity contribution in [3.05, 3.63) is 29.1 Å². The second kappa shape index (κ2) is 3.26. The van der Waals surface area contributed by atoms with Gasteiger partial charge in [0.25, 0.3) is 0 Å². The van der Waals surface area contributed by atoms with E-state index >= 15 is 0 Å². The Morgan fingerprint density at radius 3 is 1.62 bits per heavy atom. The first-order valence-corrected chi connectivity index (χ1v) is 8.27. The van der Waals surface area contributed by atoms with Crippen LogP contribution in [0.3, 0.4) is 0 Å². The number of rotatable bonds is 1. The zero-order valence-corrected chi connectivity index (χ0v) is 10.6. The van der Waals surface area contributed by atoms with Gasteiger partial charge in [0.2, 0.25) is 0 Å². The van der Waals surface area contributed by atoms with Gasteiger partial charge in [-0.05, 0) is 32.1 Å². The number of aromatic nitrogens is 1. The predicted octanol–water partition coefficient (Wildman–Crippen LogP) is 2.58. The molecule has 0 N–H and O–H groups in total. The summed E-state index contributed by atoms with van der Waals surface area (Å²) < 4.78 is 2.51. The molecule has 0 aliphatic rings. The van der Waals surface area contributed by atoms with Crippen LogP contribution in [0.4, 0.5) is 0 Å². The lowest BCUT2D eigenvalue weighted by molar-refractivity contribution is -0.560. The maximum Gasteiger partial charge on any atom is 0.354 e. The molecule has 0 aliphatic carbocycles. The number of nitrogens with zero attached hydrogens (tertiary/aromatic N) is 1. The van der Waals surface area contributed by atoms with E-state index < -0.39 is 8.24 Å². The van der Waals surface area contributed by atoms with Gasteiger partial charge >= 0.3 is 8.24 Å². The van der Waals surface area contributed by atoms with Crippen molar-refractivity contribution >= 4 is 8.24 Å². The second-order valence-electron chi connectivity index (χ2n) is 4.82. The van der Waals surface area contributed by atoms with Gasteiger partial charge in [0.05, 0.1) is 0 Å². The van der Waals surface area contributed by atoms with E-state index in [0.29, 0.717) is 0 Å². The monoisotopic (exact) mass is 194 g/mol. The highest BCUT2D eigenvalue weighted by molar-refractivity contribution is 6.67. The molecule has 2 heteroatoms. The van der Waals surface area contributed by atoms with Crippen molar-refractivity contribution < 1.29 is 4.23 Å². The van der Waals surface area contributed by atoms with Crippen LogP contribution in [-0.4, -0.2) is 8.24 Å². The van der Waals surface area contributed by atoms with E-state index in [2.05, 4.69) is 56.8 Å². The molecule has 1 aromatic heterocycles. The van der Waals surface area contributed by atoms with Crippen LogP contribution >= 0.6 is 0 Å². The normalized spacial score (nSPS) is 11.8. The lowest BCUT2D eigenvalue weighted by atomic mass is 10.2. The predicted molar refractivity (Wildman–Crippen MR) is 59.6 cm³/mol. The number of aryl methyl sites for hydroxylation is 3. The number of hydrogen-bond donors (Lipinski definition) is 0. The fourth-order valence-electron chi connectivity index (χ4n) is 2.17. The summed E-state index contributed by atoms with van der Waals surface area (Å²) in [5, 5.41) is 0. The summed E-state index contributed by atoms with van der Waals surface area (Å²) >= 11 is 0. The van der Waals surface area contributed by atoms with Crippen LogP contribution in [0.1, 0.15) is 17.0 Å². The summed E-state index contributed by atoms with van der Waals surface area (Å²) in [4.78, 5) is 0. The molecule has 13 heavy (non-hydrogen) atoms. The first-order valence-electron chi connectivity index (χ1n) is 4.83. The molecular weight excluding hydrogens is 174 g/mol. The summed E-state index contributed by atoms with van der Waals surface area (Å²) in [5.74, 6) is 0. The van der Waals surface area contributed by atoms with Crippen molar-refractivity contribution in [2.75, 3.05) is 0 Å². The summed E-state index contributed by atoms with van der Waals surface area (Å²) in [7, 11) is -1.23. The van der Waals surface area contributed by atoms with Crippen LogP contribution in [0.25, 0.3) is 0 Å². The molecule has 0 saturated carbocycles. The van der Waals surface area contributed by atoms with Crippen LogP contribution in [-0.2, 0) is 0 Å². The highest BCUT2D eigenvalue weighted by atomic mass is 28.3. The van der Waals surface area contributed by atoms with E-state index in [-0.39, 0.29) is 0 Å². The maximum atomic E-state index is 2.51. The van der Waals surface area contributed by atoms with Gasteiger partial charge in [-0.1, -0.05) is 0 Å². The fourth-order valence-corrected chi connectivity index (χ4v) is 4.41. The quantitative estimate of drug-likeness (QED) is 0.605. The molecule has 0 atom stereocenters. The molecular formula is C11H20NSi+. The molecule has 1 heterocycles. The molecule has 0 unspecified atom stereocenters. The standard InChI is InChI=1S/C11H20NSi/c1-9-7-10(2)12(11(3)8-9)13(4,5)6/h7-8H,1-6H3/q+1. The van der Waals surface area contributed by atoms with Gasteiger partial charge in [0.15, 0.2) is 11.4 Å². The SMILES string of the molecule is Cc1cc(C)[n+]([Si](C)(C)C)c(C)c1. The molecule has 0 saturated heterocycles. The maximum absolute atomic E-state index is 2.51. The largest absolute Gasteiger partial charge is 0.354 e.